The number of benzene rings is 1. The molecule has 0 amide bonds. The van der Waals surface area contributed by atoms with Crippen LogP contribution in [-0.2, 0) is 6.54 Å². The molecule has 0 atom stereocenters. The van der Waals surface area contributed by atoms with Gasteiger partial charge in [-0.15, -0.1) is 0 Å². The summed E-state index contributed by atoms with van der Waals surface area (Å²) in [5, 5.41) is 3.51. The monoisotopic (exact) mass is 379 g/mol. The minimum atomic E-state index is 0.216. The molecule has 3 aromatic rings. The van der Waals surface area contributed by atoms with Crippen LogP contribution in [0.5, 0.6) is 0 Å². The van der Waals surface area contributed by atoms with Crippen molar-refractivity contribution in [3.63, 3.8) is 0 Å². The number of rotatable bonds is 4. The van der Waals surface area contributed by atoms with Crippen molar-refractivity contribution in [2.45, 2.75) is 26.4 Å². The van der Waals surface area contributed by atoms with Crippen molar-refractivity contribution in [3.05, 3.63) is 45.9 Å². The maximum atomic E-state index is 6.05. The van der Waals surface area contributed by atoms with Gasteiger partial charge in [0.1, 0.15) is 0 Å². The first kappa shape index (κ1) is 15.2. The molecule has 0 fully saturated rings. The molecule has 0 saturated carbocycles. The van der Waals surface area contributed by atoms with Crippen molar-refractivity contribution in [2.75, 3.05) is 5.32 Å². The van der Waals surface area contributed by atoms with E-state index in [0.29, 0.717) is 12.4 Å². The quantitative estimate of drug-likeness (QED) is 0.680. The minimum absolute atomic E-state index is 0.216. The predicted octanol–water partition coefficient (Wildman–Crippen LogP) is 4.44. The highest BCUT2D eigenvalue weighted by Gasteiger charge is 2.13. The molecular weight excluding hydrogens is 366 g/mol. The summed E-state index contributed by atoms with van der Waals surface area (Å²) < 4.78 is 3.03. The Hall–Kier alpha value is -1.66. The largest absolute Gasteiger partial charge is 0.364 e. The van der Waals surface area contributed by atoms with Crippen molar-refractivity contribution < 1.29 is 0 Å². The molecule has 0 saturated heterocycles. The van der Waals surface area contributed by atoms with Gasteiger partial charge in [0.05, 0.1) is 6.33 Å². The second-order valence-electron chi connectivity index (χ2n) is 5.24. The standard InChI is InChI=1S/C15H15BrClN5/c1-9(2)22-8-19-12-13(20-15(17)21-14(12)22)18-7-10-3-5-11(16)6-4-10/h3-6,8-9H,7H2,1-2H3,(H,18,20,21). The fourth-order valence-electron chi connectivity index (χ4n) is 2.18. The minimum Gasteiger partial charge on any atom is -0.364 e. The highest BCUT2D eigenvalue weighted by atomic mass is 79.9. The van der Waals surface area contributed by atoms with Crippen LogP contribution in [-0.4, -0.2) is 19.5 Å². The lowest BCUT2D eigenvalue weighted by atomic mass is 10.2. The van der Waals surface area contributed by atoms with Gasteiger partial charge in [0.2, 0.25) is 5.28 Å². The predicted molar refractivity (Wildman–Crippen MR) is 92.2 cm³/mol. The molecule has 0 aliphatic carbocycles. The van der Waals surface area contributed by atoms with Gasteiger partial charge in [-0.25, -0.2) is 4.98 Å². The second kappa shape index (κ2) is 6.22. The highest BCUT2D eigenvalue weighted by molar-refractivity contribution is 9.10. The highest BCUT2D eigenvalue weighted by Crippen LogP contribution is 2.23. The lowest BCUT2D eigenvalue weighted by Crippen LogP contribution is -2.05. The van der Waals surface area contributed by atoms with Gasteiger partial charge in [0.25, 0.3) is 0 Å². The van der Waals surface area contributed by atoms with Crippen LogP contribution in [0.2, 0.25) is 5.28 Å². The summed E-state index contributed by atoms with van der Waals surface area (Å²) in [4.78, 5) is 13.0. The SMILES string of the molecule is CC(C)n1cnc2c(NCc3ccc(Br)cc3)nc(Cl)nc21. The molecule has 0 aliphatic rings. The summed E-state index contributed by atoms with van der Waals surface area (Å²) in [6.07, 6.45) is 1.77. The molecule has 114 valence electrons. The number of halogens is 2. The first-order chi connectivity index (χ1) is 10.5. The third-order valence-electron chi connectivity index (χ3n) is 3.32. The fraction of sp³-hybridized carbons (Fsp3) is 0.267. The molecule has 0 spiro atoms. The summed E-state index contributed by atoms with van der Waals surface area (Å²) in [6.45, 7) is 4.79. The van der Waals surface area contributed by atoms with Crippen LogP contribution in [0, 0.1) is 0 Å². The Morgan fingerprint density at radius 1 is 1.23 bits per heavy atom. The summed E-state index contributed by atoms with van der Waals surface area (Å²) >= 11 is 9.48. The molecule has 0 bridgehead atoms. The van der Waals surface area contributed by atoms with E-state index in [1.165, 1.54) is 0 Å². The maximum absolute atomic E-state index is 6.05. The van der Waals surface area contributed by atoms with Crippen molar-refractivity contribution in [1.82, 2.24) is 19.5 Å². The fourth-order valence-corrected chi connectivity index (χ4v) is 2.61. The summed E-state index contributed by atoms with van der Waals surface area (Å²) in [7, 11) is 0. The number of imidazole rings is 1. The molecule has 2 aromatic heterocycles. The van der Waals surface area contributed by atoms with E-state index in [2.05, 4.69) is 50.0 Å². The van der Waals surface area contributed by atoms with Gasteiger partial charge < -0.3 is 9.88 Å². The summed E-state index contributed by atoms with van der Waals surface area (Å²) in [5.74, 6) is 0.650. The van der Waals surface area contributed by atoms with Crippen molar-refractivity contribution in [1.29, 1.82) is 0 Å². The van der Waals surface area contributed by atoms with Crippen LogP contribution < -0.4 is 5.32 Å². The Morgan fingerprint density at radius 3 is 2.64 bits per heavy atom. The molecule has 22 heavy (non-hydrogen) atoms. The van der Waals surface area contributed by atoms with Crippen LogP contribution in [0.3, 0.4) is 0 Å². The van der Waals surface area contributed by atoms with Gasteiger partial charge in [-0.3, -0.25) is 0 Å². The zero-order chi connectivity index (χ0) is 15.7. The Balaban J connectivity index is 1.91. The average Bonchev–Trinajstić information content (AvgIpc) is 2.90. The van der Waals surface area contributed by atoms with E-state index >= 15 is 0 Å². The number of aromatic nitrogens is 4. The molecule has 5 nitrogen and oxygen atoms in total. The van der Waals surface area contributed by atoms with E-state index in [4.69, 9.17) is 11.6 Å². The maximum Gasteiger partial charge on any atom is 0.226 e. The van der Waals surface area contributed by atoms with E-state index in [-0.39, 0.29) is 11.3 Å². The second-order valence-corrected chi connectivity index (χ2v) is 6.49. The molecule has 0 unspecified atom stereocenters. The van der Waals surface area contributed by atoms with Crippen LogP contribution in [0.4, 0.5) is 5.82 Å². The summed E-state index contributed by atoms with van der Waals surface area (Å²) in [6, 6.07) is 8.36. The third-order valence-corrected chi connectivity index (χ3v) is 4.02. The molecule has 1 N–H and O–H groups in total. The van der Waals surface area contributed by atoms with E-state index in [1.54, 1.807) is 6.33 Å². The van der Waals surface area contributed by atoms with Gasteiger partial charge in [-0.05, 0) is 43.1 Å². The van der Waals surface area contributed by atoms with Crippen molar-refractivity contribution >= 4 is 44.5 Å². The number of hydrogen-bond donors (Lipinski definition) is 1. The Kier molecular flexibility index (Phi) is 4.31. The van der Waals surface area contributed by atoms with Crippen LogP contribution in [0.15, 0.2) is 35.1 Å². The Bertz CT molecular complexity index is 798. The molecule has 3 rings (SSSR count). The smallest absolute Gasteiger partial charge is 0.226 e. The molecule has 0 aliphatic heterocycles. The van der Waals surface area contributed by atoms with Gasteiger partial charge in [0.15, 0.2) is 17.0 Å². The molecule has 7 heteroatoms. The molecule has 1 aromatic carbocycles. The number of nitrogens with one attached hydrogen (secondary N) is 1. The van der Waals surface area contributed by atoms with E-state index < -0.39 is 0 Å². The lowest BCUT2D eigenvalue weighted by molar-refractivity contribution is 0.612. The van der Waals surface area contributed by atoms with Gasteiger partial charge >= 0.3 is 0 Å². The van der Waals surface area contributed by atoms with Gasteiger partial charge in [-0.2, -0.15) is 9.97 Å². The summed E-state index contributed by atoms with van der Waals surface area (Å²) in [5.41, 5.74) is 2.62. The normalized spacial score (nSPS) is 11.3. The lowest BCUT2D eigenvalue weighted by Gasteiger charge is -2.09. The Morgan fingerprint density at radius 2 is 1.95 bits per heavy atom. The first-order valence-electron chi connectivity index (χ1n) is 6.93. The number of nitrogens with zero attached hydrogens (tertiary/aromatic N) is 4. The number of anilines is 1. The van der Waals surface area contributed by atoms with Crippen LogP contribution >= 0.6 is 27.5 Å². The Labute approximate surface area is 141 Å². The third kappa shape index (κ3) is 3.08. The molecule has 0 radical (unpaired) electrons. The van der Waals surface area contributed by atoms with Gasteiger partial charge in [0, 0.05) is 17.1 Å². The number of hydrogen-bond acceptors (Lipinski definition) is 4. The van der Waals surface area contributed by atoms with Crippen LogP contribution in [0.1, 0.15) is 25.5 Å². The zero-order valence-electron chi connectivity index (χ0n) is 12.2. The molecular formula is C15H15BrClN5. The van der Waals surface area contributed by atoms with E-state index in [1.807, 2.05) is 28.8 Å². The van der Waals surface area contributed by atoms with Crippen LogP contribution in [0.25, 0.3) is 11.2 Å². The first-order valence-corrected chi connectivity index (χ1v) is 8.10. The topological polar surface area (TPSA) is 55.6 Å². The number of fused-ring (bicyclic) bond motifs is 1. The van der Waals surface area contributed by atoms with E-state index in [0.717, 1.165) is 21.2 Å². The molecule has 2 heterocycles. The average molecular weight is 381 g/mol. The van der Waals surface area contributed by atoms with Gasteiger partial charge in [-0.1, -0.05) is 28.1 Å². The van der Waals surface area contributed by atoms with Crippen molar-refractivity contribution in [3.8, 4) is 0 Å². The van der Waals surface area contributed by atoms with Crippen molar-refractivity contribution in [2.24, 2.45) is 0 Å². The van der Waals surface area contributed by atoms with E-state index in [9.17, 15) is 0 Å². The zero-order valence-corrected chi connectivity index (χ0v) is 14.6.